The van der Waals surface area contributed by atoms with Gasteiger partial charge < -0.3 is 10.4 Å². The number of halogens is 1. The molecule has 0 aliphatic heterocycles. The van der Waals surface area contributed by atoms with E-state index in [1.807, 2.05) is 6.92 Å². The van der Waals surface area contributed by atoms with E-state index >= 15 is 0 Å². The van der Waals surface area contributed by atoms with E-state index in [9.17, 15) is 0 Å². The van der Waals surface area contributed by atoms with Gasteiger partial charge in [-0.3, -0.25) is 0 Å². The Hall–Kier alpha value is -0.320. The van der Waals surface area contributed by atoms with Crippen LogP contribution in [-0.4, -0.2) is 22.2 Å². The minimum absolute atomic E-state index is 0.210. The highest BCUT2D eigenvalue weighted by atomic mass is 35.5. The van der Waals surface area contributed by atoms with Crippen molar-refractivity contribution in [3.05, 3.63) is 10.5 Å². The summed E-state index contributed by atoms with van der Waals surface area (Å²) in [7, 11) is 0. The standard InChI is InChI=1S/C8H13ClN2OS/c1-5(3-6(2)12)11-8-10-4-7(9)13-8/h4-6,12H,3H2,1-2H3,(H,10,11). The third-order valence-corrected chi connectivity index (χ3v) is 2.59. The highest BCUT2D eigenvalue weighted by Crippen LogP contribution is 2.23. The normalized spacial score (nSPS) is 15.4. The van der Waals surface area contributed by atoms with Gasteiger partial charge in [0.1, 0.15) is 4.34 Å². The number of aromatic nitrogens is 1. The first-order valence-corrected chi connectivity index (χ1v) is 5.33. The molecule has 13 heavy (non-hydrogen) atoms. The van der Waals surface area contributed by atoms with E-state index in [-0.39, 0.29) is 12.1 Å². The summed E-state index contributed by atoms with van der Waals surface area (Å²) < 4.78 is 0.673. The van der Waals surface area contributed by atoms with Crippen molar-refractivity contribution in [2.24, 2.45) is 0 Å². The molecule has 1 aromatic heterocycles. The predicted octanol–water partition coefficient (Wildman–Crippen LogP) is 2.37. The second kappa shape index (κ2) is 4.79. The fraction of sp³-hybridized carbons (Fsp3) is 0.625. The molecule has 1 rings (SSSR count). The van der Waals surface area contributed by atoms with Crippen LogP contribution < -0.4 is 5.32 Å². The number of hydrogen-bond donors (Lipinski definition) is 2. The van der Waals surface area contributed by atoms with Crippen molar-refractivity contribution in [3.63, 3.8) is 0 Å². The summed E-state index contributed by atoms with van der Waals surface area (Å²) in [6.07, 6.45) is 2.03. The Balaban J connectivity index is 2.40. The Labute approximate surface area is 86.8 Å². The van der Waals surface area contributed by atoms with Crippen molar-refractivity contribution >= 4 is 28.1 Å². The molecule has 0 spiro atoms. The van der Waals surface area contributed by atoms with E-state index in [1.165, 1.54) is 11.3 Å². The molecule has 0 fully saturated rings. The van der Waals surface area contributed by atoms with Crippen LogP contribution in [0, 0.1) is 0 Å². The van der Waals surface area contributed by atoms with Crippen LogP contribution in [-0.2, 0) is 0 Å². The maximum atomic E-state index is 9.12. The molecule has 3 nitrogen and oxygen atoms in total. The quantitative estimate of drug-likeness (QED) is 0.819. The van der Waals surface area contributed by atoms with Gasteiger partial charge in [-0.1, -0.05) is 22.9 Å². The van der Waals surface area contributed by atoms with E-state index in [0.717, 1.165) is 5.13 Å². The fourth-order valence-corrected chi connectivity index (χ4v) is 2.03. The Morgan fingerprint density at radius 3 is 2.85 bits per heavy atom. The molecular formula is C8H13ClN2OS. The van der Waals surface area contributed by atoms with E-state index in [2.05, 4.69) is 10.3 Å². The minimum Gasteiger partial charge on any atom is -0.393 e. The lowest BCUT2D eigenvalue weighted by Crippen LogP contribution is -2.20. The number of thiazole rings is 1. The monoisotopic (exact) mass is 220 g/mol. The Kier molecular flexibility index (Phi) is 3.96. The number of hydrogen-bond acceptors (Lipinski definition) is 4. The molecule has 0 aromatic carbocycles. The summed E-state index contributed by atoms with van der Waals surface area (Å²) in [6.45, 7) is 3.77. The summed E-state index contributed by atoms with van der Waals surface area (Å²) in [5.74, 6) is 0. The molecule has 0 aliphatic rings. The molecule has 5 heteroatoms. The topological polar surface area (TPSA) is 45.1 Å². The Bertz CT molecular complexity index is 264. The molecule has 0 aliphatic carbocycles. The maximum Gasteiger partial charge on any atom is 0.184 e. The smallest absolute Gasteiger partial charge is 0.184 e. The number of nitrogens with zero attached hydrogens (tertiary/aromatic N) is 1. The summed E-state index contributed by atoms with van der Waals surface area (Å²) in [6, 6.07) is 0.210. The number of rotatable bonds is 4. The molecule has 0 saturated heterocycles. The Morgan fingerprint density at radius 1 is 1.69 bits per heavy atom. The van der Waals surface area contributed by atoms with Gasteiger partial charge in [-0.15, -0.1) is 0 Å². The average Bonchev–Trinajstić information content (AvgIpc) is 2.33. The highest BCUT2D eigenvalue weighted by Gasteiger charge is 2.07. The van der Waals surface area contributed by atoms with Crippen molar-refractivity contribution < 1.29 is 5.11 Å². The molecule has 2 N–H and O–H groups in total. The first-order chi connectivity index (χ1) is 6.08. The summed E-state index contributed by atoms with van der Waals surface area (Å²) in [5.41, 5.74) is 0. The second-order valence-electron chi connectivity index (χ2n) is 3.10. The first-order valence-electron chi connectivity index (χ1n) is 4.14. The lowest BCUT2D eigenvalue weighted by atomic mass is 10.2. The molecule has 2 atom stereocenters. The minimum atomic E-state index is -0.294. The molecule has 0 amide bonds. The second-order valence-corrected chi connectivity index (χ2v) is 4.76. The van der Waals surface area contributed by atoms with Gasteiger partial charge in [0.2, 0.25) is 0 Å². The molecule has 74 valence electrons. The van der Waals surface area contributed by atoms with Crippen molar-refractivity contribution in [1.82, 2.24) is 4.98 Å². The van der Waals surface area contributed by atoms with Crippen molar-refractivity contribution in [3.8, 4) is 0 Å². The zero-order valence-electron chi connectivity index (χ0n) is 7.62. The zero-order chi connectivity index (χ0) is 9.84. The third kappa shape index (κ3) is 3.93. The number of nitrogens with one attached hydrogen (secondary N) is 1. The molecule has 1 heterocycles. The number of anilines is 1. The lowest BCUT2D eigenvalue weighted by Gasteiger charge is -2.13. The summed E-state index contributed by atoms with van der Waals surface area (Å²) in [4.78, 5) is 4.06. The molecule has 0 radical (unpaired) electrons. The van der Waals surface area contributed by atoms with Crippen LogP contribution in [0.3, 0.4) is 0 Å². The van der Waals surface area contributed by atoms with Gasteiger partial charge in [-0.05, 0) is 20.3 Å². The predicted molar refractivity (Wildman–Crippen MR) is 56.5 cm³/mol. The van der Waals surface area contributed by atoms with Crippen LogP contribution in [0.2, 0.25) is 4.34 Å². The van der Waals surface area contributed by atoms with Crippen molar-refractivity contribution in [2.45, 2.75) is 32.4 Å². The van der Waals surface area contributed by atoms with Crippen LogP contribution in [0.25, 0.3) is 0 Å². The highest BCUT2D eigenvalue weighted by molar-refractivity contribution is 7.19. The van der Waals surface area contributed by atoms with E-state index < -0.39 is 0 Å². The van der Waals surface area contributed by atoms with Crippen LogP contribution in [0.5, 0.6) is 0 Å². The molecule has 0 saturated carbocycles. The van der Waals surface area contributed by atoms with Crippen LogP contribution in [0.1, 0.15) is 20.3 Å². The largest absolute Gasteiger partial charge is 0.393 e. The van der Waals surface area contributed by atoms with Gasteiger partial charge in [0.25, 0.3) is 0 Å². The molecule has 1 aromatic rings. The first kappa shape index (κ1) is 10.8. The van der Waals surface area contributed by atoms with Crippen LogP contribution >= 0.6 is 22.9 Å². The summed E-state index contributed by atoms with van der Waals surface area (Å²) >= 11 is 7.12. The van der Waals surface area contributed by atoms with E-state index in [1.54, 1.807) is 13.1 Å². The van der Waals surface area contributed by atoms with Gasteiger partial charge in [0.15, 0.2) is 5.13 Å². The van der Waals surface area contributed by atoms with E-state index in [4.69, 9.17) is 16.7 Å². The van der Waals surface area contributed by atoms with Gasteiger partial charge >= 0.3 is 0 Å². The van der Waals surface area contributed by atoms with Crippen LogP contribution in [0.15, 0.2) is 6.20 Å². The zero-order valence-corrected chi connectivity index (χ0v) is 9.19. The fourth-order valence-electron chi connectivity index (χ4n) is 1.10. The van der Waals surface area contributed by atoms with Gasteiger partial charge in [-0.2, -0.15) is 0 Å². The van der Waals surface area contributed by atoms with Crippen LogP contribution in [0.4, 0.5) is 5.13 Å². The average molecular weight is 221 g/mol. The number of aliphatic hydroxyl groups excluding tert-OH is 1. The van der Waals surface area contributed by atoms with E-state index in [0.29, 0.717) is 10.8 Å². The number of aliphatic hydroxyl groups is 1. The lowest BCUT2D eigenvalue weighted by molar-refractivity contribution is 0.179. The van der Waals surface area contributed by atoms with Crippen molar-refractivity contribution in [1.29, 1.82) is 0 Å². The van der Waals surface area contributed by atoms with Gasteiger partial charge in [0.05, 0.1) is 12.3 Å². The SMILES string of the molecule is CC(O)CC(C)Nc1ncc(Cl)s1. The van der Waals surface area contributed by atoms with Gasteiger partial charge in [0, 0.05) is 6.04 Å². The summed E-state index contributed by atoms with van der Waals surface area (Å²) in [5, 5.41) is 13.1. The molecule has 0 bridgehead atoms. The molecule has 2 unspecified atom stereocenters. The maximum absolute atomic E-state index is 9.12. The van der Waals surface area contributed by atoms with Crippen molar-refractivity contribution in [2.75, 3.05) is 5.32 Å². The van der Waals surface area contributed by atoms with Gasteiger partial charge in [-0.25, -0.2) is 4.98 Å². The Morgan fingerprint density at radius 2 is 2.38 bits per heavy atom. The molecular weight excluding hydrogens is 208 g/mol. The third-order valence-electron chi connectivity index (χ3n) is 1.54.